The Bertz CT molecular complexity index is 552. The predicted molar refractivity (Wildman–Crippen MR) is 76.7 cm³/mol. The van der Waals surface area contributed by atoms with Crippen LogP contribution >= 0.6 is 0 Å². The fourth-order valence-electron chi connectivity index (χ4n) is 2.93. The van der Waals surface area contributed by atoms with Gasteiger partial charge in [-0.25, -0.2) is 4.98 Å². The Morgan fingerprint density at radius 3 is 2.90 bits per heavy atom. The first kappa shape index (κ1) is 13.3. The first-order valence-electron chi connectivity index (χ1n) is 7.24. The molecule has 108 valence electrons. The molecule has 1 fully saturated rings. The molecule has 2 aromatic rings. The van der Waals surface area contributed by atoms with Crippen LogP contribution in [0.25, 0.3) is 0 Å². The molecule has 2 aromatic heterocycles. The van der Waals surface area contributed by atoms with E-state index < -0.39 is 0 Å². The van der Waals surface area contributed by atoms with Crippen molar-refractivity contribution in [1.82, 2.24) is 24.8 Å². The topological polar surface area (TPSA) is 73.7 Å². The molecule has 20 heavy (non-hydrogen) atoms. The van der Waals surface area contributed by atoms with Crippen LogP contribution in [-0.4, -0.2) is 19.3 Å². The minimum Gasteiger partial charge on any atom is -0.340 e. The summed E-state index contributed by atoms with van der Waals surface area (Å²) in [6.07, 6.45) is 11.8. The minimum absolute atomic E-state index is 0.00290. The molecule has 0 radical (unpaired) electrons. The van der Waals surface area contributed by atoms with Gasteiger partial charge in [0.15, 0.2) is 0 Å². The van der Waals surface area contributed by atoms with Crippen LogP contribution in [0.1, 0.15) is 49.2 Å². The zero-order valence-electron chi connectivity index (χ0n) is 11.9. The van der Waals surface area contributed by atoms with Gasteiger partial charge in [-0.15, -0.1) is 0 Å². The molecule has 6 heteroatoms. The Kier molecular flexibility index (Phi) is 3.84. The van der Waals surface area contributed by atoms with E-state index in [9.17, 15) is 0 Å². The second-order valence-corrected chi connectivity index (χ2v) is 5.61. The van der Waals surface area contributed by atoms with E-state index in [4.69, 9.17) is 10.9 Å². The normalized spacial score (nSPS) is 17.7. The summed E-state index contributed by atoms with van der Waals surface area (Å²) in [7, 11) is 1.96. The number of nitrogens with two attached hydrogens (primary N) is 1. The second-order valence-electron chi connectivity index (χ2n) is 5.61. The lowest BCUT2D eigenvalue weighted by atomic mass is 10.1. The van der Waals surface area contributed by atoms with Gasteiger partial charge in [0.1, 0.15) is 0 Å². The Morgan fingerprint density at radius 1 is 1.45 bits per heavy atom. The van der Waals surface area contributed by atoms with Crippen LogP contribution in [0.15, 0.2) is 24.8 Å². The van der Waals surface area contributed by atoms with Crippen LogP contribution in [0.3, 0.4) is 0 Å². The van der Waals surface area contributed by atoms with Gasteiger partial charge in [-0.1, -0.05) is 12.8 Å². The van der Waals surface area contributed by atoms with Crippen molar-refractivity contribution in [1.29, 1.82) is 0 Å². The van der Waals surface area contributed by atoms with Crippen molar-refractivity contribution < 1.29 is 0 Å². The van der Waals surface area contributed by atoms with Crippen LogP contribution in [0.4, 0.5) is 0 Å². The monoisotopic (exact) mass is 274 g/mol. The number of aromatic nitrogens is 4. The van der Waals surface area contributed by atoms with Gasteiger partial charge in [0, 0.05) is 25.9 Å². The van der Waals surface area contributed by atoms with Crippen molar-refractivity contribution in [3.05, 3.63) is 36.2 Å². The molecule has 3 N–H and O–H groups in total. The van der Waals surface area contributed by atoms with Gasteiger partial charge in [-0.05, 0) is 18.9 Å². The number of imidazole rings is 1. The van der Waals surface area contributed by atoms with E-state index in [1.807, 2.05) is 17.8 Å². The van der Waals surface area contributed by atoms with E-state index in [-0.39, 0.29) is 6.04 Å². The summed E-state index contributed by atoms with van der Waals surface area (Å²) in [4.78, 5) is 4.35. The van der Waals surface area contributed by atoms with Crippen molar-refractivity contribution in [2.24, 2.45) is 12.9 Å². The molecule has 1 unspecified atom stereocenters. The van der Waals surface area contributed by atoms with Crippen molar-refractivity contribution in [3.63, 3.8) is 0 Å². The molecule has 1 saturated carbocycles. The first-order chi connectivity index (χ1) is 9.76. The average Bonchev–Trinajstić information content (AvgIpc) is 3.16. The summed E-state index contributed by atoms with van der Waals surface area (Å²) in [5.41, 5.74) is 4.84. The molecule has 3 rings (SSSR count). The molecule has 0 spiro atoms. The molecule has 0 aliphatic heterocycles. The number of rotatable bonds is 5. The molecule has 2 heterocycles. The maximum absolute atomic E-state index is 5.66. The highest BCUT2D eigenvalue weighted by molar-refractivity contribution is 5.10. The second kappa shape index (κ2) is 5.76. The quantitative estimate of drug-likeness (QED) is 0.640. The molecule has 0 bridgehead atoms. The Balaban J connectivity index is 1.69. The average molecular weight is 274 g/mol. The van der Waals surface area contributed by atoms with Gasteiger partial charge >= 0.3 is 0 Å². The highest BCUT2D eigenvalue weighted by atomic mass is 15.3. The summed E-state index contributed by atoms with van der Waals surface area (Å²) in [5.74, 6) is 5.66. The Hall–Kier alpha value is -1.66. The van der Waals surface area contributed by atoms with Gasteiger partial charge < -0.3 is 4.57 Å². The van der Waals surface area contributed by atoms with Gasteiger partial charge in [-0.3, -0.25) is 16.0 Å². The van der Waals surface area contributed by atoms with E-state index in [0.717, 1.165) is 17.8 Å². The lowest BCUT2D eigenvalue weighted by molar-refractivity contribution is 0.456. The van der Waals surface area contributed by atoms with Crippen molar-refractivity contribution >= 4 is 0 Å². The number of hydrogen-bond acceptors (Lipinski definition) is 4. The summed E-state index contributed by atoms with van der Waals surface area (Å²) in [6.45, 7) is 0. The molecular weight excluding hydrogens is 252 g/mol. The van der Waals surface area contributed by atoms with E-state index in [1.54, 1.807) is 6.33 Å². The van der Waals surface area contributed by atoms with Crippen LogP contribution in [0, 0.1) is 0 Å². The third kappa shape index (κ3) is 2.76. The molecular formula is C14H22N6. The van der Waals surface area contributed by atoms with Gasteiger partial charge in [0.05, 0.1) is 29.8 Å². The van der Waals surface area contributed by atoms with Gasteiger partial charge in [0.2, 0.25) is 0 Å². The summed E-state index contributed by atoms with van der Waals surface area (Å²) < 4.78 is 4.05. The predicted octanol–water partition coefficient (Wildman–Crippen LogP) is 1.48. The van der Waals surface area contributed by atoms with E-state index >= 15 is 0 Å². The maximum Gasteiger partial charge on any atom is 0.0947 e. The summed E-state index contributed by atoms with van der Waals surface area (Å²) in [6, 6.07) is 2.68. The Morgan fingerprint density at radius 2 is 2.25 bits per heavy atom. The third-order valence-electron chi connectivity index (χ3n) is 4.06. The zero-order valence-corrected chi connectivity index (χ0v) is 11.9. The smallest absolute Gasteiger partial charge is 0.0947 e. The molecule has 0 saturated heterocycles. The number of aryl methyl sites for hydroxylation is 1. The van der Waals surface area contributed by atoms with Crippen LogP contribution in [0.5, 0.6) is 0 Å². The van der Waals surface area contributed by atoms with E-state index in [1.165, 1.54) is 25.7 Å². The molecule has 6 nitrogen and oxygen atoms in total. The Labute approximate surface area is 119 Å². The maximum atomic E-state index is 5.66. The molecule has 1 aliphatic carbocycles. The largest absolute Gasteiger partial charge is 0.340 e. The molecule has 0 amide bonds. The lowest BCUT2D eigenvalue weighted by Crippen LogP contribution is -2.30. The SMILES string of the molecule is Cn1cnc(C(Cc2ccn(C3CCCC3)n2)NN)c1. The van der Waals surface area contributed by atoms with Crippen LogP contribution in [-0.2, 0) is 13.5 Å². The minimum atomic E-state index is 0.00290. The highest BCUT2D eigenvalue weighted by Crippen LogP contribution is 2.29. The van der Waals surface area contributed by atoms with Gasteiger partial charge in [0.25, 0.3) is 0 Å². The molecule has 1 aliphatic rings. The lowest BCUT2D eigenvalue weighted by Gasteiger charge is -2.12. The van der Waals surface area contributed by atoms with E-state index in [0.29, 0.717) is 6.04 Å². The van der Waals surface area contributed by atoms with E-state index in [2.05, 4.69) is 27.4 Å². The molecule has 0 aromatic carbocycles. The highest BCUT2D eigenvalue weighted by Gasteiger charge is 2.19. The first-order valence-corrected chi connectivity index (χ1v) is 7.24. The van der Waals surface area contributed by atoms with Crippen molar-refractivity contribution in [2.75, 3.05) is 0 Å². The number of nitrogens with zero attached hydrogens (tertiary/aromatic N) is 4. The number of hydrazine groups is 1. The van der Waals surface area contributed by atoms with Crippen LogP contribution in [0.2, 0.25) is 0 Å². The van der Waals surface area contributed by atoms with Crippen molar-refractivity contribution in [2.45, 2.75) is 44.2 Å². The fraction of sp³-hybridized carbons (Fsp3) is 0.571. The van der Waals surface area contributed by atoms with Crippen molar-refractivity contribution in [3.8, 4) is 0 Å². The standard InChI is InChI=1S/C14H22N6/c1-19-9-14(16-10-19)13(17-15)8-11-6-7-20(18-11)12-4-2-3-5-12/h6-7,9-10,12-13,17H,2-5,8,15H2,1H3. The molecule has 1 atom stereocenters. The summed E-state index contributed by atoms with van der Waals surface area (Å²) >= 11 is 0. The number of hydrogen-bond donors (Lipinski definition) is 2. The zero-order chi connectivity index (χ0) is 13.9. The third-order valence-corrected chi connectivity index (χ3v) is 4.06. The van der Waals surface area contributed by atoms with Gasteiger partial charge in [-0.2, -0.15) is 5.10 Å². The van der Waals surface area contributed by atoms with Crippen LogP contribution < -0.4 is 11.3 Å². The fourth-order valence-corrected chi connectivity index (χ4v) is 2.93. The summed E-state index contributed by atoms with van der Waals surface area (Å²) in [5, 5.41) is 4.70. The number of nitrogens with one attached hydrogen (secondary N) is 1.